The van der Waals surface area contributed by atoms with E-state index in [2.05, 4.69) is 20.7 Å². The molecule has 0 radical (unpaired) electrons. The maximum absolute atomic E-state index is 14.1. The summed E-state index contributed by atoms with van der Waals surface area (Å²) in [5.41, 5.74) is -0.0411. The van der Waals surface area contributed by atoms with Gasteiger partial charge in [0.25, 0.3) is 0 Å². The first kappa shape index (κ1) is 15.9. The van der Waals surface area contributed by atoms with E-state index >= 15 is 0 Å². The topological polar surface area (TPSA) is 66.4 Å². The number of aliphatic hydroxyl groups excluding tert-OH is 1. The molecule has 2 N–H and O–H groups in total. The van der Waals surface area contributed by atoms with E-state index in [9.17, 15) is 12.8 Å². The van der Waals surface area contributed by atoms with Crippen LogP contribution in [0.25, 0.3) is 0 Å². The lowest BCUT2D eigenvalue weighted by molar-refractivity contribution is 0.274. The van der Waals surface area contributed by atoms with E-state index in [0.717, 1.165) is 19.3 Å². The number of nitrogens with one attached hydrogen (secondary N) is 1. The van der Waals surface area contributed by atoms with Gasteiger partial charge in [-0.15, -0.1) is 0 Å². The quantitative estimate of drug-likeness (QED) is 0.813. The summed E-state index contributed by atoms with van der Waals surface area (Å²) in [5.74, 6) is -0.543. The van der Waals surface area contributed by atoms with Crippen molar-refractivity contribution in [1.82, 2.24) is 4.72 Å². The molecule has 0 amide bonds. The molecular weight excluding hydrogens is 349 g/mol. The number of hydrogen-bond donors (Lipinski definition) is 2. The highest BCUT2D eigenvalue weighted by molar-refractivity contribution is 9.10. The van der Waals surface area contributed by atoms with Crippen LogP contribution in [0.1, 0.15) is 31.7 Å². The number of halogens is 2. The number of benzene rings is 1. The minimum atomic E-state index is -3.90. The molecule has 4 nitrogen and oxygen atoms in total. The molecule has 0 aromatic heterocycles. The molecule has 1 aromatic carbocycles. The molecule has 1 aromatic rings. The molecule has 0 spiro atoms. The van der Waals surface area contributed by atoms with Gasteiger partial charge in [0.05, 0.1) is 6.61 Å². The summed E-state index contributed by atoms with van der Waals surface area (Å²) < 4.78 is 41.5. The highest BCUT2D eigenvalue weighted by Crippen LogP contribution is 2.36. The zero-order valence-corrected chi connectivity index (χ0v) is 13.5. The second kappa shape index (κ2) is 6.09. The van der Waals surface area contributed by atoms with Crippen molar-refractivity contribution in [1.29, 1.82) is 0 Å². The average Bonchev–Trinajstić information content (AvgIpc) is 3.09. The molecule has 0 saturated heterocycles. The van der Waals surface area contributed by atoms with E-state index in [1.165, 1.54) is 12.1 Å². The monoisotopic (exact) mass is 365 g/mol. The zero-order valence-electron chi connectivity index (χ0n) is 11.1. The van der Waals surface area contributed by atoms with Crippen LogP contribution in [0.2, 0.25) is 0 Å². The van der Waals surface area contributed by atoms with Gasteiger partial charge in [0.15, 0.2) is 0 Å². The van der Waals surface area contributed by atoms with E-state index in [0.29, 0.717) is 10.4 Å². The predicted molar refractivity (Wildman–Crippen MR) is 77.1 cm³/mol. The van der Waals surface area contributed by atoms with Crippen molar-refractivity contribution in [3.8, 4) is 0 Å². The van der Waals surface area contributed by atoms with Gasteiger partial charge in [-0.25, -0.2) is 17.5 Å². The van der Waals surface area contributed by atoms with Crippen LogP contribution in [0.5, 0.6) is 0 Å². The van der Waals surface area contributed by atoms with Crippen molar-refractivity contribution in [2.24, 2.45) is 5.92 Å². The summed E-state index contributed by atoms with van der Waals surface area (Å²) in [6.07, 6.45) is 2.77. The summed E-state index contributed by atoms with van der Waals surface area (Å²) in [4.78, 5) is -0.418. The molecule has 1 saturated carbocycles. The molecule has 112 valence electrons. The van der Waals surface area contributed by atoms with E-state index in [1.807, 2.05) is 6.92 Å². The van der Waals surface area contributed by atoms with Gasteiger partial charge >= 0.3 is 0 Å². The highest BCUT2D eigenvalue weighted by Gasteiger charge is 2.40. The summed E-state index contributed by atoms with van der Waals surface area (Å²) in [7, 11) is -3.90. The fourth-order valence-electron chi connectivity index (χ4n) is 2.27. The van der Waals surface area contributed by atoms with Crippen LogP contribution >= 0.6 is 15.9 Å². The lowest BCUT2D eigenvalue weighted by Gasteiger charge is -2.10. The van der Waals surface area contributed by atoms with Gasteiger partial charge in [-0.05, 0) is 30.9 Å². The molecule has 1 aliphatic carbocycles. The van der Waals surface area contributed by atoms with E-state index in [1.54, 1.807) is 0 Å². The first-order valence-corrected chi connectivity index (χ1v) is 8.77. The Labute approximate surface area is 126 Å². The summed E-state index contributed by atoms with van der Waals surface area (Å²) in [5, 5.41) is 9.06. The van der Waals surface area contributed by atoms with Gasteiger partial charge in [-0.2, -0.15) is 0 Å². The fraction of sp³-hybridized carbons (Fsp3) is 0.538. The van der Waals surface area contributed by atoms with E-state index in [-0.39, 0.29) is 11.6 Å². The molecule has 0 heterocycles. The van der Waals surface area contributed by atoms with E-state index in [4.69, 9.17) is 5.11 Å². The molecule has 0 aliphatic heterocycles. The number of hydrogen-bond acceptors (Lipinski definition) is 3. The number of sulfonamides is 1. The minimum absolute atomic E-state index is 0.0411. The van der Waals surface area contributed by atoms with Gasteiger partial charge in [-0.1, -0.05) is 29.3 Å². The van der Waals surface area contributed by atoms with Gasteiger partial charge in [0.1, 0.15) is 10.7 Å². The standard InChI is InChI=1S/C13H17BrFNO3S/c1-2-3-8-5-11(8)16-20(18,19)12-6-10(14)4-9(7-17)13(12)15/h4,6,8,11,16-17H,2-3,5,7H2,1H3. The lowest BCUT2D eigenvalue weighted by atomic mass is 10.2. The Morgan fingerprint density at radius 3 is 2.80 bits per heavy atom. The molecule has 1 aliphatic rings. The van der Waals surface area contributed by atoms with Crippen molar-refractivity contribution in [2.75, 3.05) is 0 Å². The Balaban J connectivity index is 2.24. The van der Waals surface area contributed by atoms with Crippen LogP contribution in [0.4, 0.5) is 4.39 Å². The fourth-order valence-corrected chi connectivity index (χ4v) is 4.39. The Morgan fingerprint density at radius 1 is 1.50 bits per heavy atom. The van der Waals surface area contributed by atoms with Gasteiger partial charge in [0, 0.05) is 16.1 Å². The predicted octanol–water partition coefficient (Wildman–Crippen LogP) is 2.55. The Kier molecular flexibility index (Phi) is 4.84. The normalized spacial score (nSPS) is 22.0. The van der Waals surface area contributed by atoms with Crippen LogP contribution in [0, 0.1) is 11.7 Å². The van der Waals surface area contributed by atoms with Crippen molar-refractivity contribution in [3.63, 3.8) is 0 Å². The maximum Gasteiger partial charge on any atom is 0.243 e. The van der Waals surface area contributed by atoms with Crippen LogP contribution < -0.4 is 4.72 Å². The molecule has 20 heavy (non-hydrogen) atoms. The van der Waals surface area contributed by atoms with Crippen molar-refractivity contribution >= 4 is 26.0 Å². The van der Waals surface area contributed by atoms with Gasteiger partial charge in [0.2, 0.25) is 10.0 Å². The minimum Gasteiger partial charge on any atom is -0.392 e. The Morgan fingerprint density at radius 2 is 2.20 bits per heavy atom. The first-order valence-electron chi connectivity index (χ1n) is 6.50. The Hall–Kier alpha value is -0.500. The van der Waals surface area contributed by atoms with E-state index < -0.39 is 27.3 Å². The smallest absolute Gasteiger partial charge is 0.243 e. The molecule has 2 atom stereocenters. The SMILES string of the molecule is CCCC1CC1NS(=O)(=O)c1cc(Br)cc(CO)c1F. The summed E-state index contributed by atoms with van der Waals surface area (Å²) >= 11 is 3.13. The molecular formula is C13H17BrFNO3S. The maximum atomic E-state index is 14.1. The zero-order chi connectivity index (χ0) is 14.9. The molecule has 2 rings (SSSR count). The van der Waals surface area contributed by atoms with Crippen LogP contribution in [0.3, 0.4) is 0 Å². The van der Waals surface area contributed by atoms with Gasteiger partial charge in [-0.3, -0.25) is 0 Å². The second-order valence-electron chi connectivity index (χ2n) is 5.05. The lowest BCUT2D eigenvalue weighted by Crippen LogP contribution is -2.28. The van der Waals surface area contributed by atoms with Crippen molar-refractivity contribution in [3.05, 3.63) is 28.0 Å². The third-order valence-corrected chi connectivity index (χ3v) is 5.37. The largest absolute Gasteiger partial charge is 0.392 e. The van der Waals surface area contributed by atoms with Crippen LogP contribution in [0.15, 0.2) is 21.5 Å². The molecule has 2 unspecified atom stereocenters. The molecule has 7 heteroatoms. The Bertz CT molecular complexity index is 606. The number of rotatable bonds is 6. The number of aliphatic hydroxyl groups is 1. The van der Waals surface area contributed by atoms with Gasteiger partial charge < -0.3 is 5.11 Å². The van der Waals surface area contributed by atoms with Crippen molar-refractivity contribution in [2.45, 2.75) is 43.7 Å². The first-order chi connectivity index (χ1) is 9.39. The highest BCUT2D eigenvalue weighted by atomic mass is 79.9. The van der Waals surface area contributed by atoms with Crippen LogP contribution in [-0.4, -0.2) is 19.6 Å². The summed E-state index contributed by atoms with van der Waals surface area (Å²) in [6, 6.07) is 2.48. The molecule has 1 fully saturated rings. The average molecular weight is 366 g/mol. The summed E-state index contributed by atoms with van der Waals surface area (Å²) in [6.45, 7) is 1.50. The second-order valence-corrected chi connectivity index (χ2v) is 7.65. The third kappa shape index (κ3) is 3.39. The van der Waals surface area contributed by atoms with Crippen LogP contribution in [-0.2, 0) is 16.6 Å². The third-order valence-electron chi connectivity index (χ3n) is 3.43. The molecule has 0 bridgehead atoms. The van der Waals surface area contributed by atoms with Crippen molar-refractivity contribution < 1.29 is 17.9 Å².